The number of hydrogen-bond donors (Lipinski definition) is 2. The molecule has 0 fully saturated rings. The number of H-pyrrole nitrogens is 1. The number of aromatic nitrogens is 3. The Morgan fingerprint density at radius 1 is 1.30 bits per heavy atom. The van der Waals surface area contributed by atoms with Crippen LogP contribution in [0.5, 0.6) is 0 Å². The second-order valence-electron chi connectivity index (χ2n) is 4.93. The smallest absolute Gasteiger partial charge is 0.230 e. The van der Waals surface area contributed by atoms with E-state index in [1.165, 1.54) is 11.8 Å². The third kappa shape index (κ3) is 4.20. The highest BCUT2D eigenvalue weighted by atomic mass is 32.2. The molecule has 0 spiro atoms. The number of thiophene rings is 1. The van der Waals surface area contributed by atoms with Crippen LogP contribution in [0.4, 0.5) is 0 Å². The van der Waals surface area contributed by atoms with E-state index in [4.69, 9.17) is 0 Å². The highest BCUT2D eigenvalue weighted by Crippen LogP contribution is 2.20. The molecule has 0 saturated heterocycles. The topological polar surface area (TPSA) is 70.7 Å². The molecule has 0 radical (unpaired) electrons. The summed E-state index contributed by atoms with van der Waals surface area (Å²) in [5.41, 5.74) is 0.975. The Morgan fingerprint density at radius 3 is 2.87 bits per heavy atom. The van der Waals surface area contributed by atoms with Gasteiger partial charge in [0.05, 0.1) is 11.8 Å². The fraction of sp³-hybridized carbons (Fsp3) is 0.188. The Bertz CT molecular complexity index is 756. The number of thioether (sulfide) groups is 1. The minimum absolute atomic E-state index is 0.0233. The van der Waals surface area contributed by atoms with Crippen molar-refractivity contribution in [2.75, 3.05) is 5.75 Å². The Hall–Kier alpha value is -2.12. The molecule has 2 N–H and O–H groups in total. The lowest BCUT2D eigenvalue weighted by atomic mass is 10.2. The van der Waals surface area contributed by atoms with Crippen molar-refractivity contribution < 1.29 is 4.79 Å². The Kier molecular flexibility index (Phi) is 5.09. The second kappa shape index (κ2) is 7.43. The summed E-state index contributed by atoms with van der Waals surface area (Å²) >= 11 is 2.96. The maximum Gasteiger partial charge on any atom is 0.230 e. The molecule has 1 unspecified atom stereocenters. The number of aromatic amines is 1. The average molecular weight is 344 g/mol. The van der Waals surface area contributed by atoms with Crippen LogP contribution >= 0.6 is 23.1 Å². The summed E-state index contributed by atoms with van der Waals surface area (Å²) in [6.07, 6.45) is 0. The van der Waals surface area contributed by atoms with Crippen LogP contribution in [0.1, 0.15) is 17.8 Å². The van der Waals surface area contributed by atoms with Gasteiger partial charge in [0.1, 0.15) is 0 Å². The lowest BCUT2D eigenvalue weighted by Gasteiger charge is -2.11. The van der Waals surface area contributed by atoms with Crippen LogP contribution in [-0.4, -0.2) is 26.8 Å². The van der Waals surface area contributed by atoms with E-state index >= 15 is 0 Å². The van der Waals surface area contributed by atoms with E-state index in [1.54, 1.807) is 11.3 Å². The summed E-state index contributed by atoms with van der Waals surface area (Å²) in [5.74, 6) is 0.976. The third-order valence-corrected chi connectivity index (χ3v) is 5.09. The predicted octanol–water partition coefficient (Wildman–Crippen LogP) is 3.50. The molecule has 1 amide bonds. The number of rotatable bonds is 6. The number of nitrogens with zero attached hydrogens (tertiary/aromatic N) is 2. The molecule has 7 heteroatoms. The minimum atomic E-state index is -0.0260. The normalized spacial score (nSPS) is 12.0. The molecule has 1 aromatic carbocycles. The number of benzene rings is 1. The first kappa shape index (κ1) is 15.8. The van der Waals surface area contributed by atoms with Crippen LogP contribution in [0, 0.1) is 0 Å². The van der Waals surface area contributed by atoms with Crippen molar-refractivity contribution in [3.05, 3.63) is 52.7 Å². The number of hydrogen-bond acceptors (Lipinski definition) is 5. The molecule has 0 aliphatic carbocycles. The Morgan fingerprint density at radius 2 is 2.13 bits per heavy atom. The second-order valence-corrected chi connectivity index (χ2v) is 6.85. The van der Waals surface area contributed by atoms with E-state index < -0.39 is 0 Å². The molecule has 0 aliphatic heterocycles. The fourth-order valence-electron chi connectivity index (χ4n) is 2.06. The monoisotopic (exact) mass is 344 g/mol. The van der Waals surface area contributed by atoms with Crippen LogP contribution in [0.2, 0.25) is 0 Å². The van der Waals surface area contributed by atoms with Gasteiger partial charge in [-0.05, 0) is 18.4 Å². The zero-order valence-corrected chi connectivity index (χ0v) is 14.2. The van der Waals surface area contributed by atoms with Gasteiger partial charge in [-0.15, -0.1) is 16.4 Å². The number of carbonyl (C=O) groups excluding carboxylic acids is 1. The van der Waals surface area contributed by atoms with Crippen LogP contribution < -0.4 is 5.32 Å². The highest BCUT2D eigenvalue weighted by molar-refractivity contribution is 7.99. The molecule has 0 bridgehead atoms. The predicted molar refractivity (Wildman–Crippen MR) is 93.4 cm³/mol. The average Bonchev–Trinajstić information content (AvgIpc) is 3.25. The van der Waals surface area contributed by atoms with Gasteiger partial charge in [-0.2, -0.15) is 0 Å². The zero-order valence-electron chi connectivity index (χ0n) is 12.5. The van der Waals surface area contributed by atoms with Gasteiger partial charge in [0.2, 0.25) is 11.1 Å². The van der Waals surface area contributed by atoms with Gasteiger partial charge in [0.25, 0.3) is 0 Å². The summed E-state index contributed by atoms with van der Waals surface area (Å²) < 4.78 is 0. The van der Waals surface area contributed by atoms with Gasteiger partial charge in [0, 0.05) is 10.4 Å². The first-order valence-electron chi connectivity index (χ1n) is 7.16. The Balaban J connectivity index is 1.52. The standard InChI is InChI=1S/C16H16N4OS2/c1-11(13-8-5-9-22-13)17-14(21)10-23-16-18-15(19-20-16)12-6-3-2-4-7-12/h2-9,11H,10H2,1H3,(H,17,21)(H,18,19,20). The van der Waals surface area contributed by atoms with Crippen LogP contribution in [-0.2, 0) is 4.79 Å². The summed E-state index contributed by atoms with van der Waals surface area (Å²) in [5, 5.41) is 12.6. The summed E-state index contributed by atoms with van der Waals surface area (Å²) in [6.45, 7) is 1.98. The Labute approximate surface area is 142 Å². The van der Waals surface area contributed by atoms with Crippen LogP contribution in [0.3, 0.4) is 0 Å². The van der Waals surface area contributed by atoms with Gasteiger partial charge in [0.15, 0.2) is 5.82 Å². The largest absolute Gasteiger partial charge is 0.348 e. The molecule has 5 nitrogen and oxygen atoms in total. The molecule has 3 aromatic rings. The lowest BCUT2D eigenvalue weighted by molar-refractivity contribution is -0.119. The molecule has 118 valence electrons. The molecule has 23 heavy (non-hydrogen) atoms. The molecule has 2 aromatic heterocycles. The van der Waals surface area contributed by atoms with Crippen molar-refractivity contribution in [2.24, 2.45) is 0 Å². The van der Waals surface area contributed by atoms with Crippen molar-refractivity contribution in [3.8, 4) is 11.4 Å². The minimum Gasteiger partial charge on any atom is -0.348 e. The van der Waals surface area contributed by atoms with Crippen LogP contribution in [0.15, 0.2) is 53.0 Å². The van der Waals surface area contributed by atoms with Gasteiger partial charge in [-0.1, -0.05) is 48.2 Å². The van der Waals surface area contributed by atoms with E-state index in [1.807, 2.05) is 54.8 Å². The van der Waals surface area contributed by atoms with E-state index in [-0.39, 0.29) is 11.9 Å². The first-order valence-corrected chi connectivity index (χ1v) is 9.02. The van der Waals surface area contributed by atoms with Crippen molar-refractivity contribution in [1.82, 2.24) is 20.5 Å². The highest BCUT2D eigenvalue weighted by Gasteiger charge is 2.12. The summed E-state index contributed by atoms with van der Waals surface area (Å²) in [7, 11) is 0. The molecule has 1 atom stereocenters. The van der Waals surface area contributed by atoms with Crippen LogP contribution in [0.25, 0.3) is 11.4 Å². The third-order valence-electron chi connectivity index (χ3n) is 3.19. The lowest BCUT2D eigenvalue weighted by Crippen LogP contribution is -2.27. The number of carbonyl (C=O) groups is 1. The van der Waals surface area contributed by atoms with E-state index in [9.17, 15) is 4.79 Å². The number of amides is 1. The van der Waals surface area contributed by atoms with Crippen molar-refractivity contribution in [3.63, 3.8) is 0 Å². The summed E-state index contributed by atoms with van der Waals surface area (Å²) in [4.78, 5) is 17.6. The molecule has 2 heterocycles. The summed E-state index contributed by atoms with van der Waals surface area (Å²) in [6, 6.07) is 13.8. The van der Waals surface area contributed by atoms with E-state index in [2.05, 4.69) is 20.5 Å². The van der Waals surface area contributed by atoms with Gasteiger partial charge in [-0.3, -0.25) is 9.89 Å². The van der Waals surface area contributed by atoms with E-state index in [0.29, 0.717) is 16.7 Å². The van der Waals surface area contributed by atoms with Gasteiger partial charge >= 0.3 is 0 Å². The molecule has 3 rings (SSSR count). The van der Waals surface area contributed by atoms with Crippen molar-refractivity contribution in [2.45, 2.75) is 18.1 Å². The zero-order chi connectivity index (χ0) is 16.1. The van der Waals surface area contributed by atoms with Gasteiger partial charge < -0.3 is 5.32 Å². The van der Waals surface area contributed by atoms with Gasteiger partial charge in [-0.25, -0.2) is 4.98 Å². The maximum absolute atomic E-state index is 12.0. The maximum atomic E-state index is 12.0. The fourth-order valence-corrected chi connectivity index (χ4v) is 3.40. The van der Waals surface area contributed by atoms with E-state index in [0.717, 1.165) is 10.4 Å². The number of nitrogens with one attached hydrogen (secondary N) is 2. The molecular weight excluding hydrogens is 328 g/mol. The first-order chi connectivity index (χ1) is 11.2. The molecular formula is C16H16N4OS2. The molecule has 0 saturated carbocycles. The molecule has 0 aliphatic rings. The quantitative estimate of drug-likeness (QED) is 0.672. The SMILES string of the molecule is CC(NC(=O)CSc1n[nH]c(-c2ccccc2)n1)c1cccs1. The van der Waals surface area contributed by atoms with Crippen molar-refractivity contribution in [1.29, 1.82) is 0 Å². The van der Waals surface area contributed by atoms with Crippen molar-refractivity contribution >= 4 is 29.0 Å².